The lowest BCUT2D eigenvalue weighted by Crippen LogP contribution is -2.43. The van der Waals surface area contributed by atoms with Crippen molar-refractivity contribution in [3.63, 3.8) is 0 Å². The smallest absolute Gasteiger partial charge is 0.327 e. The van der Waals surface area contributed by atoms with Crippen LogP contribution in [0.25, 0.3) is 0 Å². The molecular formula is C19H18FN3O3S. The molecule has 27 heavy (non-hydrogen) atoms. The summed E-state index contributed by atoms with van der Waals surface area (Å²) in [6.45, 7) is 0.245. The maximum atomic E-state index is 13.3. The lowest BCUT2D eigenvalue weighted by molar-refractivity contribution is -0.132. The molecule has 1 N–H and O–H groups in total. The molecular weight excluding hydrogens is 369 g/mol. The summed E-state index contributed by atoms with van der Waals surface area (Å²) in [6.07, 6.45) is 1.46. The summed E-state index contributed by atoms with van der Waals surface area (Å²) in [6, 6.07) is 8.36. The Balaban J connectivity index is 1.50. The van der Waals surface area contributed by atoms with E-state index < -0.39 is 24.0 Å². The molecule has 2 aromatic rings. The molecule has 6 nitrogen and oxygen atoms in total. The summed E-state index contributed by atoms with van der Waals surface area (Å²) < 4.78 is 13.3. The number of fused-ring (bicyclic) bond motifs is 1. The molecule has 0 unspecified atom stereocenters. The highest BCUT2D eigenvalue weighted by atomic mass is 32.1. The Labute approximate surface area is 159 Å². The molecule has 1 aromatic carbocycles. The van der Waals surface area contributed by atoms with Gasteiger partial charge in [-0.2, -0.15) is 0 Å². The summed E-state index contributed by atoms with van der Waals surface area (Å²) in [7, 11) is 0. The molecule has 2 aliphatic rings. The molecule has 140 valence electrons. The summed E-state index contributed by atoms with van der Waals surface area (Å²) in [4.78, 5) is 40.8. The number of rotatable bonds is 5. The van der Waals surface area contributed by atoms with Crippen molar-refractivity contribution in [3.8, 4) is 0 Å². The normalized spacial score (nSPS) is 20.1. The molecule has 8 heteroatoms. The van der Waals surface area contributed by atoms with Gasteiger partial charge in [0.05, 0.1) is 6.04 Å². The van der Waals surface area contributed by atoms with E-state index in [0.29, 0.717) is 13.0 Å². The van der Waals surface area contributed by atoms with Gasteiger partial charge in [-0.25, -0.2) is 9.18 Å². The van der Waals surface area contributed by atoms with Crippen LogP contribution < -0.4 is 5.32 Å². The second-order valence-corrected chi connectivity index (χ2v) is 7.61. The minimum atomic E-state index is -0.467. The molecule has 0 saturated carbocycles. The summed E-state index contributed by atoms with van der Waals surface area (Å²) in [5.41, 5.74) is 0.729. The molecule has 0 bridgehead atoms. The number of carbonyl (C=O) groups is 3. The first-order valence-corrected chi connectivity index (χ1v) is 9.63. The first-order chi connectivity index (χ1) is 13.0. The number of urea groups is 1. The zero-order valence-corrected chi connectivity index (χ0v) is 15.2. The molecule has 2 atom stereocenters. The van der Waals surface area contributed by atoms with Crippen molar-refractivity contribution in [1.82, 2.24) is 15.1 Å². The van der Waals surface area contributed by atoms with Gasteiger partial charge in [-0.05, 0) is 42.0 Å². The number of thiophene rings is 1. The molecule has 0 spiro atoms. The van der Waals surface area contributed by atoms with Gasteiger partial charge in [0.15, 0.2) is 0 Å². The van der Waals surface area contributed by atoms with Gasteiger partial charge in [0.1, 0.15) is 18.4 Å². The summed E-state index contributed by atoms with van der Waals surface area (Å²) in [5.74, 6) is -1.09. The van der Waals surface area contributed by atoms with Gasteiger partial charge in [0, 0.05) is 11.4 Å². The van der Waals surface area contributed by atoms with Gasteiger partial charge in [-0.3, -0.25) is 14.5 Å². The number of carbonyl (C=O) groups excluding carboxylic acids is 3. The second kappa shape index (κ2) is 7.11. The Hall–Kier alpha value is -2.74. The lowest BCUT2D eigenvalue weighted by Gasteiger charge is -2.20. The van der Waals surface area contributed by atoms with Crippen molar-refractivity contribution in [2.75, 3.05) is 13.1 Å². The fraction of sp³-hybridized carbons (Fsp3) is 0.316. The Kier molecular flexibility index (Phi) is 4.65. The number of nitrogens with one attached hydrogen (secondary N) is 1. The van der Waals surface area contributed by atoms with Crippen molar-refractivity contribution < 1.29 is 18.8 Å². The third-order valence-electron chi connectivity index (χ3n) is 4.92. The first-order valence-electron chi connectivity index (χ1n) is 8.75. The lowest BCUT2D eigenvalue weighted by atomic mass is 10.1. The maximum absolute atomic E-state index is 13.3. The Morgan fingerprint density at radius 1 is 1.26 bits per heavy atom. The van der Waals surface area contributed by atoms with Crippen molar-refractivity contribution in [3.05, 3.63) is 58.0 Å². The third kappa shape index (κ3) is 3.32. The first kappa shape index (κ1) is 17.7. The van der Waals surface area contributed by atoms with Crippen LogP contribution >= 0.6 is 11.3 Å². The van der Waals surface area contributed by atoms with E-state index in [1.54, 1.807) is 12.1 Å². The molecule has 0 radical (unpaired) electrons. The van der Waals surface area contributed by atoms with E-state index in [9.17, 15) is 18.8 Å². The highest BCUT2D eigenvalue weighted by Gasteiger charge is 2.47. The van der Waals surface area contributed by atoms with Gasteiger partial charge in [0.2, 0.25) is 5.91 Å². The van der Waals surface area contributed by atoms with Crippen LogP contribution in [0.2, 0.25) is 0 Å². The number of halogens is 1. The number of nitrogens with zero attached hydrogens (tertiary/aromatic N) is 2. The molecule has 3 heterocycles. The van der Waals surface area contributed by atoms with Gasteiger partial charge >= 0.3 is 6.03 Å². The number of amides is 4. The van der Waals surface area contributed by atoms with Gasteiger partial charge in [-0.1, -0.05) is 18.2 Å². The average molecular weight is 387 g/mol. The SMILES string of the molecule is O=C(CN1C(=O)[C@@H]2CCCN2C1=O)N[C@H](c1ccc(F)cc1)c1cccs1. The van der Waals surface area contributed by atoms with E-state index in [0.717, 1.165) is 21.8 Å². The van der Waals surface area contributed by atoms with E-state index in [1.165, 1.54) is 28.4 Å². The van der Waals surface area contributed by atoms with Crippen LogP contribution in [-0.4, -0.2) is 46.8 Å². The Morgan fingerprint density at radius 3 is 2.70 bits per heavy atom. The Morgan fingerprint density at radius 2 is 2.04 bits per heavy atom. The predicted molar refractivity (Wildman–Crippen MR) is 97.5 cm³/mol. The van der Waals surface area contributed by atoms with Gasteiger partial charge in [-0.15, -0.1) is 11.3 Å². The molecule has 1 aromatic heterocycles. The van der Waals surface area contributed by atoms with Gasteiger partial charge in [0.25, 0.3) is 5.91 Å². The minimum Gasteiger partial charge on any atom is -0.343 e. The topological polar surface area (TPSA) is 69.7 Å². The molecule has 2 saturated heterocycles. The number of hydrogen-bond acceptors (Lipinski definition) is 4. The molecule has 0 aliphatic carbocycles. The number of benzene rings is 1. The third-order valence-corrected chi connectivity index (χ3v) is 5.86. The van der Waals surface area contributed by atoms with Crippen LogP contribution in [0.3, 0.4) is 0 Å². The van der Waals surface area contributed by atoms with Crippen LogP contribution in [0, 0.1) is 5.82 Å². The minimum absolute atomic E-state index is 0.304. The van der Waals surface area contributed by atoms with E-state index in [1.807, 2.05) is 17.5 Å². The number of hydrogen-bond donors (Lipinski definition) is 1. The van der Waals surface area contributed by atoms with Crippen LogP contribution in [0.4, 0.5) is 9.18 Å². The van der Waals surface area contributed by atoms with Crippen LogP contribution in [0.5, 0.6) is 0 Å². The summed E-state index contributed by atoms with van der Waals surface area (Å²) in [5, 5.41) is 4.76. The zero-order valence-electron chi connectivity index (χ0n) is 14.4. The van der Waals surface area contributed by atoms with E-state index in [4.69, 9.17) is 0 Å². The fourth-order valence-electron chi connectivity index (χ4n) is 3.61. The van der Waals surface area contributed by atoms with Crippen LogP contribution in [-0.2, 0) is 9.59 Å². The fourth-order valence-corrected chi connectivity index (χ4v) is 4.41. The average Bonchev–Trinajstić information content (AvgIpc) is 3.38. The molecule has 2 aliphatic heterocycles. The zero-order chi connectivity index (χ0) is 19.0. The standard InChI is InChI=1S/C19H18FN3O3S/c20-13-7-5-12(6-8-13)17(15-4-2-10-27-15)21-16(24)11-23-18(25)14-3-1-9-22(14)19(23)26/h2,4-8,10,14,17H,1,3,9,11H2,(H,21,24)/t14-,17+/m0/s1. The van der Waals surface area contributed by atoms with Gasteiger partial charge < -0.3 is 10.2 Å². The van der Waals surface area contributed by atoms with Crippen molar-refractivity contribution in [2.45, 2.75) is 24.9 Å². The van der Waals surface area contributed by atoms with Crippen molar-refractivity contribution in [1.29, 1.82) is 0 Å². The van der Waals surface area contributed by atoms with E-state index in [2.05, 4.69) is 5.32 Å². The largest absolute Gasteiger partial charge is 0.343 e. The number of imide groups is 1. The molecule has 2 fully saturated rings. The van der Waals surface area contributed by atoms with E-state index >= 15 is 0 Å². The van der Waals surface area contributed by atoms with Crippen molar-refractivity contribution >= 4 is 29.2 Å². The molecule has 4 amide bonds. The summed E-state index contributed by atoms with van der Waals surface area (Å²) >= 11 is 1.47. The highest BCUT2D eigenvalue weighted by molar-refractivity contribution is 7.10. The maximum Gasteiger partial charge on any atom is 0.327 e. The monoisotopic (exact) mass is 387 g/mol. The Bertz CT molecular complexity index is 847. The second-order valence-electron chi connectivity index (χ2n) is 6.63. The van der Waals surface area contributed by atoms with Crippen molar-refractivity contribution in [2.24, 2.45) is 0 Å². The predicted octanol–water partition coefficient (Wildman–Crippen LogP) is 2.52. The quantitative estimate of drug-likeness (QED) is 0.802. The highest BCUT2D eigenvalue weighted by Crippen LogP contribution is 2.28. The van der Waals surface area contributed by atoms with Crippen LogP contribution in [0.15, 0.2) is 41.8 Å². The van der Waals surface area contributed by atoms with E-state index in [-0.39, 0.29) is 18.3 Å². The van der Waals surface area contributed by atoms with Crippen LogP contribution in [0.1, 0.15) is 29.3 Å². The molecule has 4 rings (SSSR count).